The van der Waals surface area contributed by atoms with E-state index in [1.165, 1.54) is 0 Å². The van der Waals surface area contributed by atoms with Crippen molar-refractivity contribution in [3.63, 3.8) is 0 Å². The van der Waals surface area contributed by atoms with Gasteiger partial charge in [0, 0.05) is 13.1 Å². The number of morpholine rings is 1. The van der Waals surface area contributed by atoms with Crippen molar-refractivity contribution in [3.05, 3.63) is 0 Å². The smallest absolute Gasteiger partial charge is 0.263 e. The van der Waals surface area contributed by atoms with E-state index in [2.05, 4.69) is 0 Å². The molecule has 0 aromatic rings. The van der Waals surface area contributed by atoms with Gasteiger partial charge in [-0.3, -0.25) is 4.79 Å². The van der Waals surface area contributed by atoms with E-state index >= 15 is 0 Å². The number of ether oxygens (including phenoxy) is 1. The van der Waals surface area contributed by atoms with Crippen LogP contribution >= 0.6 is 10.0 Å². The van der Waals surface area contributed by atoms with Crippen molar-refractivity contribution < 1.29 is 9.53 Å². The Kier molecular flexibility index (Phi) is 3.01. The van der Waals surface area contributed by atoms with Gasteiger partial charge in [0.15, 0.2) is 0 Å². The summed E-state index contributed by atoms with van der Waals surface area (Å²) in [6.07, 6.45) is 6.10. The summed E-state index contributed by atoms with van der Waals surface area (Å²) in [5, 5.41) is 0.311. The summed E-state index contributed by atoms with van der Waals surface area (Å²) in [7, 11) is -1.07. The molecule has 12 heavy (non-hydrogen) atoms. The minimum atomic E-state index is -1.07. The Balaban J connectivity index is 2.51. The maximum absolute atomic E-state index is 11.7. The molecule has 1 rings (SSSR count). The molecule has 0 saturated carbocycles. The summed E-state index contributed by atoms with van der Waals surface area (Å²) in [6, 6.07) is 0. The normalized spacial score (nSPS) is 20.8. The van der Waals surface area contributed by atoms with Crippen molar-refractivity contribution in [1.82, 2.24) is 4.90 Å². The predicted octanol–water partition coefficient (Wildman–Crippen LogP) is 1.13. The third-order valence-electron chi connectivity index (χ3n) is 1.79. The summed E-state index contributed by atoms with van der Waals surface area (Å²) in [5.74, 6) is 0. The first kappa shape index (κ1) is 9.86. The van der Waals surface area contributed by atoms with E-state index in [0.717, 1.165) is 13.1 Å². The molecule has 4 heteroatoms. The fraction of sp³-hybridized carbons (Fsp3) is 0.875. The summed E-state index contributed by atoms with van der Waals surface area (Å²) < 4.78 is 5.18. The second kappa shape index (κ2) is 3.66. The Morgan fingerprint density at radius 1 is 1.25 bits per heavy atom. The number of carbonyl (C=O) groups excluding carboxylic acids is 1. The number of rotatable bonds is 0. The van der Waals surface area contributed by atoms with Gasteiger partial charge in [-0.25, -0.2) is 0 Å². The molecular weight excluding hydrogens is 174 g/mol. The molecule has 0 aromatic heterocycles. The topological polar surface area (TPSA) is 29.5 Å². The van der Waals surface area contributed by atoms with Crippen LogP contribution in [-0.4, -0.2) is 55.2 Å². The average molecular weight is 191 g/mol. The summed E-state index contributed by atoms with van der Waals surface area (Å²) in [4.78, 5) is 13.6. The molecular formula is C8H17NO2S. The molecule has 0 radical (unpaired) electrons. The van der Waals surface area contributed by atoms with Crippen molar-refractivity contribution in [1.29, 1.82) is 0 Å². The fourth-order valence-electron chi connectivity index (χ4n) is 1.13. The van der Waals surface area contributed by atoms with Crippen LogP contribution in [0.5, 0.6) is 0 Å². The maximum atomic E-state index is 11.7. The number of nitrogens with zero attached hydrogens (tertiary/aromatic N) is 1. The highest BCUT2D eigenvalue weighted by atomic mass is 32.3. The first-order chi connectivity index (χ1) is 5.52. The van der Waals surface area contributed by atoms with Crippen LogP contribution in [-0.2, 0) is 4.74 Å². The van der Waals surface area contributed by atoms with Crippen molar-refractivity contribution in [2.24, 2.45) is 0 Å². The quantitative estimate of drug-likeness (QED) is 0.574. The van der Waals surface area contributed by atoms with E-state index in [-0.39, 0.29) is 0 Å². The van der Waals surface area contributed by atoms with Crippen LogP contribution in [0.2, 0.25) is 0 Å². The summed E-state index contributed by atoms with van der Waals surface area (Å²) >= 11 is 0. The lowest BCUT2D eigenvalue weighted by Crippen LogP contribution is -2.41. The van der Waals surface area contributed by atoms with Crippen LogP contribution in [0.15, 0.2) is 0 Å². The molecule has 1 saturated heterocycles. The molecule has 0 atom stereocenters. The van der Waals surface area contributed by atoms with Crippen LogP contribution < -0.4 is 0 Å². The Bertz CT molecular complexity index is 170. The van der Waals surface area contributed by atoms with Crippen molar-refractivity contribution in [2.45, 2.75) is 0 Å². The monoisotopic (exact) mass is 191 g/mol. The van der Waals surface area contributed by atoms with Crippen molar-refractivity contribution in [3.8, 4) is 0 Å². The van der Waals surface area contributed by atoms with Gasteiger partial charge in [0.05, 0.1) is 13.2 Å². The van der Waals surface area contributed by atoms with Crippen LogP contribution in [0.3, 0.4) is 0 Å². The molecule has 1 heterocycles. The van der Waals surface area contributed by atoms with Gasteiger partial charge in [0.25, 0.3) is 5.24 Å². The van der Waals surface area contributed by atoms with Crippen LogP contribution in [0.1, 0.15) is 0 Å². The zero-order chi connectivity index (χ0) is 9.19. The SMILES string of the molecule is CS(C)(C)C(=O)N1CCOCC1. The molecule has 1 fully saturated rings. The molecule has 0 N–H and O–H groups in total. The summed E-state index contributed by atoms with van der Waals surface area (Å²) in [5.41, 5.74) is 0. The van der Waals surface area contributed by atoms with Gasteiger partial charge < -0.3 is 9.64 Å². The number of hydrogen-bond donors (Lipinski definition) is 0. The molecule has 0 spiro atoms. The second-order valence-corrected chi connectivity index (χ2v) is 7.73. The van der Waals surface area contributed by atoms with E-state index < -0.39 is 10.0 Å². The number of carbonyl (C=O) groups is 1. The Morgan fingerprint density at radius 2 is 1.75 bits per heavy atom. The second-order valence-electron chi connectivity index (χ2n) is 3.70. The first-order valence-corrected chi connectivity index (χ1v) is 6.92. The van der Waals surface area contributed by atoms with E-state index in [0.29, 0.717) is 18.5 Å². The van der Waals surface area contributed by atoms with Gasteiger partial charge in [-0.2, -0.15) is 10.0 Å². The predicted molar refractivity (Wildman–Crippen MR) is 53.2 cm³/mol. The van der Waals surface area contributed by atoms with E-state index in [4.69, 9.17) is 4.74 Å². The van der Waals surface area contributed by atoms with Gasteiger partial charge in [0.2, 0.25) is 0 Å². The molecule has 0 aromatic carbocycles. The molecule has 3 nitrogen and oxygen atoms in total. The Labute approximate surface area is 75.4 Å². The minimum Gasteiger partial charge on any atom is -0.378 e. The Hall–Kier alpha value is -0.220. The molecule has 1 aliphatic rings. The fourth-order valence-corrected chi connectivity index (χ4v) is 2.09. The van der Waals surface area contributed by atoms with Gasteiger partial charge in [0.1, 0.15) is 0 Å². The van der Waals surface area contributed by atoms with Crippen molar-refractivity contribution in [2.75, 3.05) is 45.1 Å². The van der Waals surface area contributed by atoms with Gasteiger partial charge in [-0.1, -0.05) is 0 Å². The maximum Gasteiger partial charge on any atom is 0.263 e. The van der Waals surface area contributed by atoms with E-state index in [1.807, 2.05) is 23.7 Å². The van der Waals surface area contributed by atoms with E-state index in [1.54, 1.807) is 0 Å². The highest BCUT2D eigenvalue weighted by molar-refractivity contribution is 8.43. The standard InChI is InChI=1S/C8H17NO2S/c1-12(2,3)8(10)9-4-6-11-7-5-9/h4-7H2,1-3H3. The third-order valence-corrected chi connectivity index (χ3v) is 3.10. The lowest BCUT2D eigenvalue weighted by atomic mass is 10.5. The Morgan fingerprint density at radius 3 is 2.17 bits per heavy atom. The van der Waals surface area contributed by atoms with Crippen molar-refractivity contribution >= 4 is 15.3 Å². The zero-order valence-corrected chi connectivity index (χ0v) is 8.82. The van der Waals surface area contributed by atoms with Crippen LogP contribution in [0.25, 0.3) is 0 Å². The molecule has 72 valence electrons. The number of amides is 1. The molecule has 0 bridgehead atoms. The lowest BCUT2D eigenvalue weighted by Gasteiger charge is -2.34. The number of hydrogen-bond acceptors (Lipinski definition) is 2. The van der Waals surface area contributed by atoms with Gasteiger partial charge >= 0.3 is 0 Å². The highest BCUT2D eigenvalue weighted by Crippen LogP contribution is 2.38. The van der Waals surface area contributed by atoms with Crippen LogP contribution in [0.4, 0.5) is 4.79 Å². The first-order valence-electron chi connectivity index (χ1n) is 4.07. The molecule has 1 amide bonds. The van der Waals surface area contributed by atoms with Gasteiger partial charge in [-0.05, 0) is 18.8 Å². The zero-order valence-electron chi connectivity index (χ0n) is 8.00. The van der Waals surface area contributed by atoms with Crippen LogP contribution in [0, 0.1) is 0 Å². The van der Waals surface area contributed by atoms with E-state index in [9.17, 15) is 4.79 Å². The largest absolute Gasteiger partial charge is 0.378 e. The molecule has 0 unspecified atom stereocenters. The average Bonchev–Trinajstić information content (AvgIpc) is 2.03. The third kappa shape index (κ3) is 2.38. The minimum absolute atomic E-state index is 0.311. The highest BCUT2D eigenvalue weighted by Gasteiger charge is 2.24. The molecule has 0 aliphatic carbocycles. The van der Waals surface area contributed by atoms with Gasteiger partial charge in [-0.15, -0.1) is 0 Å². The summed E-state index contributed by atoms with van der Waals surface area (Å²) in [6.45, 7) is 2.93. The molecule has 1 aliphatic heterocycles. The lowest BCUT2D eigenvalue weighted by molar-refractivity contribution is 0.0591.